The van der Waals surface area contributed by atoms with Gasteiger partial charge in [0.2, 0.25) is 0 Å². The monoisotopic (exact) mass is 529 g/mol. The quantitative estimate of drug-likeness (QED) is 0.0719. The number of aromatic nitrogens is 1. The summed E-state index contributed by atoms with van der Waals surface area (Å²) < 4.78 is 2.55. The molecule has 0 saturated carbocycles. The van der Waals surface area contributed by atoms with Gasteiger partial charge in [0.25, 0.3) is 0 Å². The van der Waals surface area contributed by atoms with Crippen LogP contribution in [0.5, 0.6) is 0 Å². The van der Waals surface area contributed by atoms with E-state index in [1.165, 1.54) is 186 Å². The minimum Gasteiger partial charge on any atom is -0.205 e. The first-order chi connectivity index (χ1) is 18.8. The fraction of sp³-hybridized carbons (Fsp3) is 0.865. The Labute approximate surface area is 241 Å². The normalized spacial score (nSPS) is 11.4. The molecular formula is C37H70N+. The molecule has 0 radical (unpaired) electrons. The molecule has 0 saturated heterocycles. The summed E-state index contributed by atoms with van der Waals surface area (Å²) in [5.41, 5.74) is 3.17. The number of aryl methyl sites for hydroxylation is 3. The predicted molar refractivity (Wildman–Crippen MR) is 171 cm³/mol. The maximum atomic E-state index is 2.55. The van der Waals surface area contributed by atoms with E-state index >= 15 is 0 Å². The van der Waals surface area contributed by atoms with Gasteiger partial charge in [-0.15, -0.1) is 0 Å². The molecule has 0 fully saturated rings. The van der Waals surface area contributed by atoms with Crippen molar-refractivity contribution in [2.75, 3.05) is 0 Å². The van der Waals surface area contributed by atoms with Gasteiger partial charge in [0, 0.05) is 17.5 Å². The van der Waals surface area contributed by atoms with Gasteiger partial charge in [-0.3, -0.25) is 0 Å². The molecule has 0 amide bonds. The fourth-order valence-corrected chi connectivity index (χ4v) is 5.89. The largest absolute Gasteiger partial charge is 0.205 e. The number of rotatable bonds is 29. The lowest BCUT2D eigenvalue weighted by Gasteiger charge is -2.07. The highest BCUT2D eigenvalue weighted by Gasteiger charge is 2.08. The van der Waals surface area contributed by atoms with E-state index in [4.69, 9.17) is 0 Å². The lowest BCUT2D eigenvalue weighted by atomic mass is 10.0. The van der Waals surface area contributed by atoms with Gasteiger partial charge in [0.1, 0.15) is 6.54 Å². The third-order valence-electron chi connectivity index (χ3n) is 8.44. The summed E-state index contributed by atoms with van der Waals surface area (Å²) >= 11 is 0. The number of hydrogen-bond acceptors (Lipinski definition) is 0. The third-order valence-corrected chi connectivity index (χ3v) is 8.44. The molecule has 0 atom stereocenters. The SMILES string of the molecule is CCCCCCCCCCCCCCCCCC[n+]1cc(CCCCCCC)cc(CCCCCCC)c1. The molecule has 0 N–H and O–H groups in total. The van der Waals surface area contributed by atoms with Crippen LogP contribution in [0, 0.1) is 0 Å². The first kappa shape index (κ1) is 35.2. The molecule has 1 rings (SSSR count). The Kier molecular flexibility index (Phi) is 25.6. The Bertz CT molecular complexity index is 574. The Morgan fingerprint density at radius 1 is 0.368 bits per heavy atom. The van der Waals surface area contributed by atoms with E-state index in [-0.39, 0.29) is 0 Å². The van der Waals surface area contributed by atoms with Crippen LogP contribution in [-0.2, 0) is 19.4 Å². The molecule has 0 bridgehead atoms. The molecule has 1 nitrogen and oxygen atoms in total. The smallest absolute Gasteiger partial charge is 0.171 e. The van der Waals surface area contributed by atoms with Crippen molar-refractivity contribution in [2.24, 2.45) is 0 Å². The average molecular weight is 529 g/mol. The zero-order valence-electron chi connectivity index (χ0n) is 26.7. The Balaban J connectivity index is 2.18. The summed E-state index contributed by atoms with van der Waals surface area (Å²) in [5, 5.41) is 0. The molecule has 0 aliphatic carbocycles. The number of pyridine rings is 1. The minimum atomic E-state index is 1.21. The minimum absolute atomic E-state index is 1.21. The van der Waals surface area contributed by atoms with Crippen molar-refractivity contribution in [3.8, 4) is 0 Å². The summed E-state index contributed by atoms with van der Waals surface area (Å²) in [7, 11) is 0. The second-order valence-electron chi connectivity index (χ2n) is 12.4. The molecule has 1 heteroatoms. The maximum Gasteiger partial charge on any atom is 0.171 e. The maximum absolute atomic E-state index is 2.55. The number of nitrogens with zero attached hydrogens (tertiary/aromatic N) is 1. The highest BCUT2D eigenvalue weighted by molar-refractivity contribution is 5.15. The highest BCUT2D eigenvalue weighted by atomic mass is 14.9. The molecule has 0 aromatic carbocycles. The molecule has 222 valence electrons. The Hall–Kier alpha value is -0.850. The van der Waals surface area contributed by atoms with E-state index in [9.17, 15) is 0 Å². The van der Waals surface area contributed by atoms with E-state index < -0.39 is 0 Å². The van der Waals surface area contributed by atoms with E-state index in [1.807, 2.05) is 0 Å². The second kappa shape index (κ2) is 27.7. The zero-order chi connectivity index (χ0) is 27.4. The predicted octanol–water partition coefficient (Wildman–Crippen LogP) is 12.3. The van der Waals surface area contributed by atoms with E-state index in [0.717, 1.165) is 0 Å². The first-order valence-electron chi connectivity index (χ1n) is 17.8. The van der Waals surface area contributed by atoms with Gasteiger partial charge in [-0.25, -0.2) is 4.57 Å². The van der Waals surface area contributed by atoms with Gasteiger partial charge in [-0.2, -0.15) is 0 Å². The van der Waals surface area contributed by atoms with E-state index in [2.05, 4.69) is 43.8 Å². The number of hydrogen-bond donors (Lipinski definition) is 0. The third kappa shape index (κ3) is 22.0. The molecule has 0 aliphatic rings. The van der Waals surface area contributed by atoms with Crippen molar-refractivity contribution >= 4 is 0 Å². The summed E-state index contributed by atoms with van der Waals surface area (Å²) in [6.07, 6.45) is 44.4. The van der Waals surface area contributed by atoms with Crippen LogP contribution in [0.4, 0.5) is 0 Å². The highest BCUT2D eigenvalue weighted by Crippen LogP contribution is 2.15. The van der Waals surface area contributed by atoms with Gasteiger partial charge in [-0.1, -0.05) is 162 Å². The molecule has 1 aromatic rings. The van der Waals surface area contributed by atoms with Crippen molar-refractivity contribution in [2.45, 2.75) is 207 Å². The van der Waals surface area contributed by atoms with Gasteiger partial charge in [0.15, 0.2) is 12.4 Å². The summed E-state index contributed by atoms with van der Waals surface area (Å²) in [6.45, 7) is 8.14. The zero-order valence-corrected chi connectivity index (χ0v) is 26.7. The van der Waals surface area contributed by atoms with E-state index in [1.54, 1.807) is 11.1 Å². The van der Waals surface area contributed by atoms with Crippen LogP contribution in [0.25, 0.3) is 0 Å². The van der Waals surface area contributed by atoms with Crippen LogP contribution in [-0.4, -0.2) is 0 Å². The van der Waals surface area contributed by atoms with Crippen molar-refractivity contribution in [1.82, 2.24) is 0 Å². The molecule has 1 heterocycles. The lowest BCUT2D eigenvalue weighted by Crippen LogP contribution is -2.34. The van der Waals surface area contributed by atoms with Gasteiger partial charge in [0.05, 0.1) is 0 Å². The van der Waals surface area contributed by atoms with Crippen LogP contribution in [0.15, 0.2) is 18.5 Å². The Morgan fingerprint density at radius 2 is 0.658 bits per heavy atom. The molecule has 0 aliphatic heterocycles. The van der Waals surface area contributed by atoms with Crippen molar-refractivity contribution in [1.29, 1.82) is 0 Å². The van der Waals surface area contributed by atoms with Gasteiger partial charge < -0.3 is 0 Å². The lowest BCUT2D eigenvalue weighted by molar-refractivity contribution is -0.698. The van der Waals surface area contributed by atoms with E-state index in [0.29, 0.717) is 0 Å². The van der Waals surface area contributed by atoms with Crippen LogP contribution in [0.3, 0.4) is 0 Å². The van der Waals surface area contributed by atoms with Gasteiger partial charge >= 0.3 is 0 Å². The molecule has 0 spiro atoms. The van der Waals surface area contributed by atoms with Crippen LogP contribution in [0.1, 0.15) is 199 Å². The Morgan fingerprint density at radius 3 is 1.00 bits per heavy atom. The topological polar surface area (TPSA) is 3.88 Å². The first-order valence-corrected chi connectivity index (χ1v) is 17.8. The molecule has 38 heavy (non-hydrogen) atoms. The molecule has 1 aromatic heterocycles. The summed E-state index contributed by atoms with van der Waals surface area (Å²) in [5.74, 6) is 0. The summed E-state index contributed by atoms with van der Waals surface area (Å²) in [4.78, 5) is 0. The molecule has 0 unspecified atom stereocenters. The standard InChI is InChI=1S/C37H70N/c1-4-7-10-13-14-15-16-17-18-19-20-21-22-23-26-29-32-38-34-36(30-27-24-11-8-5-2)33-37(35-38)31-28-25-12-9-6-3/h33-35H,4-32H2,1-3H3/q+1. The average Bonchev–Trinajstić information content (AvgIpc) is 2.92. The van der Waals surface area contributed by atoms with Crippen LogP contribution < -0.4 is 4.57 Å². The van der Waals surface area contributed by atoms with Crippen molar-refractivity contribution < 1.29 is 4.57 Å². The molecular weight excluding hydrogens is 458 g/mol. The fourth-order valence-electron chi connectivity index (χ4n) is 5.89. The van der Waals surface area contributed by atoms with Crippen molar-refractivity contribution in [3.63, 3.8) is 0 Å². The van der Waals surface area contributed by atoms with Crippen LogP contribution >= 0.6 is 0 Å². The second-order valence-corrected chi connectivity index (χ2v) is 12.4. The van der Waals surface area contributed by atoms with Crippen LogP contribution in [0.2, 0.25) is 0 Å². The van der Waals surface area contributed by atoms with Crippen molar-refractivity contribution in [3.05, 3.63) is 29.6 Å². The number of unbranched alkanes of at least 4 members (excludes halogenated alkanes) is 23. The van der Waals surface area contributed by atoms with Gasteiger partial charge in [-0.05, 0) is 38.2 Å². The summed E-state index contributed by atoms with van der Waals surface area (Å²) in [6, 6.07) is 2.53.